The molecule has 0 radical (unpaired) electrons. The third-order valence-corrected chi connectivity index (χ3v) is 15.4. The smallest absolute Gasteiger partial charge is 0.343 e. The van der Waals surface area contributed by atoms with E-state index in [9.17, 15) is 43.5 Å². The van der Waals surface area contributed by atoms with Crippen molar-refractivity contribution >= 4 is 52.3 Å². The van der Waals surface area contributed by atoms with Gasteiger partial charge in [-0.25, -0.2) is 14.2 Å². The van der Waals surface area contributed by atoms with Crippen LogP contribution in [0.25, 0.3) is 22.3 Å². The van der Waals surface area contributed by atoms with Gasteiger partial charge in [0.05, 0.1) is 141 Å². The highest BCUT2D eigenvalue weighted by atomic mass is 19.1. The maximum Gasteiger partial charge on any atom is 0.343 e. The highest BCUT2D eigenvalue weighted by molar-refractivity contribution is 6.03. The number of aromatic nitrogens is 2. The van der Waals surface area contributed by atoms with Crippen LogP contribution in [0.15, 0.2) is 16.9 Å². The van der Waals surface area contributed by atoms with Crippen LogP contribution < -0.4 is 26.8 Å². The number of hydrogen-bond donors (Lipinski definition) is 5. The minimum Gasteiger partial charge on any atom is -0.458 e. The predicted octanol–water partition coefficient (Wildman–Crippen LogP) is 1.70. The summed E-state index contributed by atoms with van der Waals surface area (Å²) in [5, 5.41) is 23.4. The van der Waals surface area contributed by atoms with Crippen molar-refractivity contribution in [2.45, 2.75) is 117 Å². The molecule has 1 fully saturated rings. The molecule has 1 unspecified atom stereocenters. The molecule has 1 aliphatic carbocycles. The fraction of sp³-hybridized carbons (Fsp3) is 0.644. The Bertz CT molecular complexity index is 2940. The molecule has 1 saturated heterocycles. The lowest BCUT2D eigenvalue weighted by Gasteiger charge is -2.31. The second-order valence-electron chi connectivity index (χ2n) is 21.7. The second-order valence-corrected chi connectivity index (χ2v) is 21.7. The van der Waals surface area contributed by atoms with Gasteiger partial charge >= 0.3 is 5.97 Å². The molecule has 25 nitrogen and oxygen atoms in total. The number of nitrogens with zero attached hydrogens (tertiary/aromatic N) is 3. The minimum atomic E-state index is -2.04. The topological polar surface area (TPSA) is 309 Å². The van der Waals surface area contributed by atoms with Crippen LogP contribution in [0, 0.1) is 24.6 Å². The monoisotopic (exact) mass is 1200 g/mol. The van der Waals surface area contributed by atoms with Crippen LogP contribution in [0.2, 0.25) is 0 Å². The van der Waals surface area contributed by atoms with Crippen molar-refractivity contribution in [2.24, 2.45) is 11.8 Å². The lowest BCUT2D eigenvalue weighted by atomic mass is 9.81. The Morgan fingerprint density at radius 2 is 1.34 bits per heavy atom. The van der Waals surface area contributed by atoms with Gasteiger partial charge in [-0.15, -0.1) is 0 Å². The highest BCUT2D eigenvalue weighted by Crippen LogP contribution is 2.46. The summed E-state index contributed by atoms with van der Waals surface area (Å²) in [5.41, 5.74) is 1.36. The maximum absolute atomic E-state index is 15.4. The van der Waals surface area contributed by atoms with E-state index in [1.54, 1.807) is 47.6 Å². The fourth-order valence-electron chi connectivity index (χ4n) is 10.6. The Kier molecular flexibility index (Phi) is 24.8. The zero-order chi connectivity index (χ0) is 61.2. The van der Waals surface area contributed by atoms with Crippen molar-refractivity contribution in [3.63, 3.8) is 0 Å². The van der Waals surface area contributed by atoms with E-state index in [0.29, 0.717) is 144 Å². The molecule has 5 N–H and O–H groups in total. The quantitative estimate of drug-likeness (QED) is 0.0244. The molecule has 0 bridgehead atoms. The molecule has 7 rings (SSSR count). The van der Waals surface area contributed by atoms with E-state index in [-0.39, 0.29) is 106 Å². The van der Waals surface area contributed by atoms with Gasteiger partial charge in [0.1, 0.15) is 24.5 Å². The molecular formula is C59H82FN7O18. The van der Waals surface area contributed by atoms with Crippen LogP contribution in [0.4, 0.5) is 4.39 Å². The number of aliphatic hydroxyl groups is 1. The number of fused-ring (bicyclic) bond motifs is 5. The molecule has 3 aliphatic heterocycles. The SMILES string of the molecule is CC[C@@]1(O)C(=O)OCc2c1cc1n(c2=O)Cc2c-1nc1cc(F)c(C)c3c1c2[C@@H](NC(=O)[C@H](C)NC(=O)[C@@H](NC(=O)CCOCCOCCOCCOCCOCCOCCOCCOCCNC(=O)CCN1C(=O)CC(C)C1=O)C(C)C)CC3. The van der Waals surface area contributed by atoms with Crippen molar-refractivity contribution in [3.8, 4) is 11.4 Å². The van der Waals surface area contributed by atoms with E-state index < -0.39 is 58.8 Å². The number of ether oxygens (including phenoxy) is 9. The number of benzene rings is 1. The summed E-state index contributed by atoms with van der Waals surface area (Å²) in [5.74, 6) is -4.15. The third kappa shape index (κ3) is 17.0. The molecular weight excluding hydrogens is 1110 g/mol. The Morgan fingerprint density at radius 3 is 1.89 bits per heavy atom. The molecule has 6 amide bonds. The van der Waals surface area contributed by atoms with E-state index >= 15 is 4.39 Å². The summed E-state index contributed by atoms with van der Waals surface area (Å²) >= 11 is 0. The van der Waals surface area contributed by atoms with Crippen molar-refractivity contribution in [1.29, 1.82) is 0 Å². The van der Waals surface area contributed by atoms with Gasteiger partial charge in [0.2, 0.25) is 35.4 Å². The number of hydrogen-bond acceptors (Lipinski definition) is 19. The number of cyclic esters (lactones) is 1. The molecule has 5 atom stereocenters. The number of amides is 6. The van der Waals surface area contributed by atoms with Crippen LogP contribution in [0.1, 0.15) is 106 Å². The van der Waals surface area contributed by atoms with Crippen LogP contribution in [-0.4, -0.2) is 192 Å². The molecule has 0 saturated carbocycles. The Morgan fingerprint density at radius 1 is 0.765 bits per heavy atom. The Labute approximate surface area is 492 Å². The van der Waals surface area contributed by atoms with Gasteiger partial charge in [-0.1, -0.05) is 27.7 Å². The van der Waals surface area contributed by atoms with Gasteiger partial charge in [0.25, 0.3) is 5.56 Å². The van der Waals surface area contributed by atoms with Gasteiger partial charge in [-0.05, 0) is 61.8 Å². The number of pyridine rings is 2. The molecule has 26 heteroatoms. The number of esters is 1. The minimum absolute atomic E-state index is 0.0177. The number of likely N-dealkylation sites (tertiary alicyclic amines) is 1. The summed E-state index contributed by atoms with van der Waals surface area (Å²) in [6, 6.07) is 0.298. The number of imide groups is 1. The molecule has 0 spiro atoms. The lowest BCUT2D eigenvalue weighted by molar-refractivity contribution is -0.172. The molecule has 4 aliphatic rings. The zero-order valence-electron chi connectivity index (χ0n) is 49.5. The first-order chi connectivity index (χ1) is 40.9. The van der Waals surface area contributed by atoms with Crippen molar-refractivity contribution in [2.75, 3.05) is 119 Å². The molecule has 85 heavy (non-hydrogen) atoms. The van der Waals surface area contributed by atoms with E-state index in [1.165, 1.54) is 10.6 Å². The van der Waals surface area contributed by atoms with Gasteiger partial charge in [0.15, 0.2) is 5.60 Å². The summed E-state index contributed by atoms with van der Waals surface area (Å²) < 4.78 is 66.3. The fourth-order valence-corrected chi connectivity index (χ4v) is 10.6. The summed E-state index contributed by atoms with van der Waals surface area (Å²) in [6.07, 6.45) is 0.997. The normalized spacial score (nSPS) is 18.5. The number of rotatable bonds is 37. The predicted molar refractivity (Wildman–Crippen MR) is 302 cm³/mol. The van der Waals surface area contributed by atoms with Crippen LogP contribution >= 0.6 is 0 Å². The average molecular weight is 1200 g/mol. The van der Waals surface area contributed by atoms with E-state index in [2.05, 4.69) is 21.3 Å². The Balaban J connectivity index is 0.696. The molecule has 3 aromatic rings. The molecule has 5 heterocycles. The zero-order valence-corrected chi connectivity index (χ0v) is 49.5. The largest absolute Gasteiger partial charge is 0.458 e. The van der Waals surface area contributed by atoms with Crippen LogP contribution in [-0.2, 0) is 101 Å². The first-order valence-corrected chi connectivity index (χ1v) is 29.3. The molecule has 1 aromatic carbocycles. The van der Waals surface area contributed by atoms with E-state index in [1.807, 2.05) is 0 Å². The van der Waals surface area contributed by atoms with Crippen molar-refractivity contribution < 1.29 is 85.7 Å². The number of carbonyl (C=O) groups is 7. The van der Waals surface area contributed by atoms with Crippen molar-refractivity contribution in [3.05, 3.63) is 61.7 Å². The standard InChI is InChI=1S/C59H82FN7O18/c1-7-59(76)42-31-46-53-40(33-67(46)57(74)41(42)34-85-58(59)75)51-44(9-8-39-37(5)43(60)32-45(63-53)50(39)51)64-54(71)38(6)62-55(72)52(35(2)3)65-48(69)11-14-77-16-18-79-20-22-81-24-26-83-28-29-84-27-25-82-23-21-80-19-17-78-15-12-61-47(68)10-13-66-49(70)30-36(4)56(66)73/h31-32,35-36,38,44,52,76H,7-30,33-34H2,1-6H3,(H,61,68)(H,62,72)(H,64,71)(H,65,69)/t36?,38-,44-,52-,59-/m0/s1. The highest BCUT2D eigenvalue weighted by Gasteiger charge is 2.46. The van der Waals surface area contributed by atoms with Crippen LogP contribution in [0.5, 0.6) is 0 Å². The number of aryl methyl sites for hydroxylation is 1. The summed E-state index contributed by atoms with van der Waals surface area (Å²) in [7, 11) is 0. The van der Waals surface area contributed by atoms with Gasteiger partial charge in [0, 0.05) is 60.8 Å². The van der Waals surface area contributed by atoms with E-state index in [4.69, 9.17) is 47.6 Å². The Hall–Kier alpha value is -6.36. The number of nitrogens with one attached hydrogen (secondary N) is 4. The van der Waals surface area contributed by atoms with Gasteiger partial charge < -0.3 is 73.6 Å². The van der Waals surface area contributed by atoms with Gasteiger partial charge in [-0.2, -0.15) is 0 Å². The summed E-state index contributed by atoms with van der Waals surface area (Å²) in [6.45, 7) is 15.8. The van der Waals surface area contributed by atoms with Crippen LogP contribution in [0.3, 0.4) is 0 Å². The second kappa shape index (κ2) is 31.9. The third-order valence-electron chi connectivity index (χ3n) is 15.4. The molecule has 468 valence electrons. The molecule has 2 aromatic heterocycles. The number of halogens is 1. The number of carbonyl (C=O) groups excluding carboxylic acids is 7. The van der Waals surface area contributed by atoms with E-state index in [0.717, 1.165) is 10.5 Å². The lowest BCUT2D eigenvalue weighted by Crippen LogP contribution is -2.55. The van der Waals surface area contributed by atoms with Gasteiger partial charge in [-0.3, -0.25) is 38.5 Å². The average Bonchev–Trinajstić information content (AvgIpc) is 3.44. The summed E-state index contributed by atoms with van der Waals surface area (Å²) in [4.78, 5) is 109. The maximum atomic E-state index is 15.4. The first kappa shape index (κ1) is 66.2. The first-order valence-electron chi connectivity index (χ1n) is 29.3. The van der Waals surface area contributed by atoms with Crippen molar-refractivity contribution in [1.82, 2.24) is 35.7 Å².